The second-order valence-corrected chi connectivity index (χ2v) is 3.50. The van der Waals surface area contributed by atoms with E-state index in [0.717, 1.165) is 25.4 Å². The minimum Gasteiger partial charge on any atom is -0.377 e. The number of nitrogens with two attached hydrogens (primary N) is 1. The molecule has 2 N–H and O–H groups in total. The normalized spacial score (nSPS) is 11.1. The summed E-state index contributed by atoms with van der Waals surface area (Å²) < 4.78 is 7.56. The third kappa shape index (κ3) is 3.47. The van der Waals surface area contributed by atoms with Gasteiger partial charge in [0.1, 0.15) is 5.82 Å². The van der Waals surface area contributed by atoms with Crippen LogP contribution in [0.2, 0.25) is 0 Å². The average Bonchev–Trinajstić information content (AvgIpc) is 2.53. The highest BCUT2D eigenvalue weighted by Gasteiger charge is 2.01. The molecule has 4 heteroatoms. The monoisotopic (exact) mass is 197 g/mol. The molecule has 14 heavy (non-hydrogen) atoms. The molecule has 4 nitrogen and oxygen atoms in total. The lowest BCUT2D eigenvalue weighted by molar-refractivity contribution is 0.0723. The van der Waals surface area contributed by atoms with Gasteiger partial charge in [0.2, 0.25) is 0 Å². The Labute approximate surface area is 85.1 Å². The number of rotatable bonds is 6. The van der Waals surface area contributed by atoms with Gasteiger partial charge in [-0.05, 0) is 20.4 Å². The first-order chi connectivity index (χ1) is 6.74. The van der Waals surface area contributed by atoms with E-state index in [9.17, 15) is 0 Å². The van der Waals surface area contributed by atoms with Crippen molar-refractivity contribution in [2.75, 3.05) is 13.2 Å². The van der Waals surface area contributed by atoms with Gasteiger partial charge in [-0.1, -0.05) is 0 Å². The average molecular weight is 197 g/mol. The molecule has 1 heterocycles. The van der Waals surface area contributed by atoms with Gasteiger partial charge in [-0.2, -0.15) is 0 Å². The van der Waals surface area contributed by atoms with Gasteiger partial charge >= 0.3 is 0 Å². The molecule has 1 rings (SSSR count). The van der Waals surface area contributed by atoms with Crippen molar-refractivity contribution >= 4 is 0 Å². The first-order valence-electron chi connectivity index (χ1n) is 5.05. The lowest BCUT2D eigenvalue weighted by Gasteiger charge is -2.09. The van der Waals surface area contributed by atoms with Crippen LogP contribution >= 0.6 is 0 Å². The Morgan fingerprint density at radius 2 is 2.36 bits per heavy atom. The molecule has 1 aromatic heterocycles. The van der Waals surface area contributed by atoms with Crippen LogP contribution in [0.4, 0.5) is 0 Å². The Hall–Kier alpha value is -0.870. The largest absolute Gasteiger partial charge is 0.377 e. The van der Waals surface area contributed by atoms with Crippen LogP contribution in [0.25, 0.3) is 0 Å². The predicted octanol–water partition coefficient (Wildman–Crippen LogP) is 0.809. The summed E-state index contributed by atoms with van der Waals surface area (Å²) in [5.74, 6) is 1.04. The highest BCUT2D eigenvalue weighted by Crippen LogP contribution is 1.99. The van der Waals surface area contributed by atoms with Crippen LogP contribution in [-0.2, 0) is 17.7 Å². The van der Waals surface area contributed by atoms with Gasteiger partial charge in [0.05, 0.1) is 12.7 Å². The number of hydrogen-bond donors (Lipinski definition) is 1. The quantitative estimate of drug-likeness (QED) is 0.734. The van der Waals surface area contributed by atoms with Crippen molar-refractivity contribution in [3.63, 3.8) is 0 Å². The lowest BCUT2D eigenvalue weighted by atomic mass is 10.4. The number of hydrogen-bond acceptors (Lipinski definition) is 3. The van der Waals surface area contributed by atoms with Gasteiger partial charge < -0.3 is 15.0 Å². The van der Waals surface area contributed by atoms with Gasteiger partial charge in [0, 0.05) is 25.4 Å². The maximum atomic E-state index is 5.48. The van der Waals surface area contributed by atoms with E-state index in [1.54, 1.807) is 6.20 Å². The second-order valence-electron chi connectivity index (χ2n) is 3.50. The summed E-state index contributed by atoms with van der Waals surface area (Å²) >= 11 is 0. The molecule has 0 amide bonds. The molecular formula is C10H19N3O. The molecule has 0 aliphatic heterocycles. The molecule has 0 spiro atoms. The molecule has 0 saturated carbocycles. The highest BCUT2D eigenvalue weighted by molar-refractivity contribution is 4.92. The fourth-order valence-electron chi connectivity index (χ4n) is 1.29. The van der Waals surface area contributed by atoms with E-state index in [1.165, 1.54) is 0 Å². The van der Waals surface area contributed by atoms with Gasteiger partial charge in [0.25, 0.3) is 0 Å². The van der Waals surface area contributed by atoms with Gasteiger partial charge in [-0.15, -0.1) is 0 Å². The van der Waals surface area contributed by atoms with E-state index in [2.05, 4.69) is 9.55 Å². The van der Waals surface area contributed by atoms with Crippen LogP contribution in [0, 0.1) is 0 Å². The summed E-state index contributed by atoms with van der Waals surface area (Å²) in [6.45, 7) is 6.30. The van der Waals surface area contributed by atoms with E-state index in [-0.39, 0.29) is 6.10 Å². The standard InChI is InChI=1S/C10H19N3O/c1-9(2)14-8-7-13-6-5-12-10(13)3-4-11/h5-6,9H,3-4,7-8,11H2,1-2H3. The summed E-state index contributed by atoms with van der Waals surface area (Å²) in [5.41, 5.74) is 5.48. The third-order valence-corrected chi connectivity index (χ3v) is 1.95. The zero-order valence-electron chi connectivity index (χ0n) is 8.94. The van der Waals surface area contributed by atoms with E-state index >= 15 is 0 Å². The molecule has 0 bridgehead atoms. The minimum absolute atomic E-state index is 0.288. The molecule has 1 aromatic rings. The Bertz CT molecular complexity index is 258. The van der Waals surface area contributed by atoms with Crippen LogP contribution < -0.4 is 5.73 Å². The molecule has 0 atom stereocenters. The van der Waals surface area contributed by atoms with Crippen molar-refractivity contribution in [2.24, 2.45) is 5.73 Å². The topological polar surface area (TPSA) is 53.1 Å². The number of aromatic nitrogens is 2. The van der Waals surface area contributed by atoms with E-state index in [1.807, 2.05) is 20.0 Å². The Kier molecular flexibility index (Phi) is 4.62. The predicted molar refractivity (Wildman–Crippen MR) is 56.1 cm³/mol. The molecule has 0 fully saturated rings. The van der Waals surface area contributed by atoms with Crippen LogP contribution in [-0.4, -0.2) is 28.8 Å². The smallest absolute Gasteiger partial charge is 0.109 e. The summed E-state index contributed by atoms with van der Waals surface area (Å²) in [6.07, 6.45) is 4.89. The van der Waals surface area contributed by atoms with Crippen molar-refractivity contribution in [1.29, 1.82) is 0 Å². The van der Waals surface area contributed by atoms with E-state index in [0.29, 0.717) is 6.54 Å². The Morgan fingerprint density at radius 1 is 1.57 bits per heavy atom. The Balaban J connectivity index is 2.37. The first kappa shape index (κ1) is 11.2. The molecule has 0 unspecified atom stereocenters. The fraction of sp³-hybridized carbons (Fsp3) is 0.700. The summed E-state index contributed by atoms with van der Waals surface area (Å²) in [4.78, 5) is 4.23. The van der Waals surface area contributed by atoms with Crippen LogP contribution in [0.3, 0.4) is 0 Å². The second kappa shape index (κ2) is 5.78. The first-order valence-corrected chi connectivity index (χ1v) is 5.05. The van der Waals surface area contributed by atoms with Crippen molar-refractivity contribution in [3.8, 4) is 0 Å². The van der Waals surface area contributed by atoms with Crippen molar-refractivity contribution in [1.82, 2.24) is 9.55 Å². The molecular weight excluding hydrogens is 178 g/mol. The zero-order valence-corrected chi connectivity index (χ0v) is 8.94. The number of nitrogens with zero attached hydrogens (tertiary/aromatic N) is 2. The minimum atomic E-state index is 0.288. The van der Waals surface area contributed by atoms with E-state index in [4.69, 9.17) is 10.5 Å². The summed E-state index contributed by atoms with van der Waals surface area (Å²) in [7, 11) is 0. The molecule has 0 radical (unpaired) electrons. The maximum absolute atomic E-state index is 5.48. The van der Waals surface area contributed by atoms with Crippen molar-refractivity contribution < 1.29 is 4.74 Å². The van der Waals surface area contributed by atoms with Gasteiger partial charge in [-0.25, -0.2) is 4.98 Å². The fourth-order valence-corrected chi connectivity index (χ4v) is 1.29. The lowest BCUT2D eigenvalue weighted by Crippen LogP contribution is -2.14. The van der Waals surface area contributed by atoms with Crippen LogP contribution in [0.15, 0.2) is 12.4 Å². The van der Waals surface area contributed by atoms with Crippen molar-refractivity contribution in [3.05, 3.63) is 18.2 Å². The third-order valence-electron chi connectivity index (χ3n) is 1.95. The molecule has 0 aliphatic rings. The van der Waals surface area contributed by atoms with Gasteiger partial charge in [-0.3, -0.25) is 0 Å². The molecule has 80 valence electrons. The zero-order chi connectivity index (χ0) is 10.4. The maximum Gasteiger partial charge on any atom is 0.109 e. The van der Waals surface area contributed by atoms with E-state index < -0.39 is 0 Å². The van der Waals surface area contributed by atoms with Crippen LogP contribution in [0.5, 0.6) is 0 Å². The van der Waals surface area contributed by atoms with Gasteiger partial charge in [0.15, 0.2) is 0 Å². The molecule has 0 aliphatic carbocycles. The van der Waals surface area contributed by atoms with Crippen molar-refractivity contribution in [2.45, 2.75) is 32.9 Å². The number of ether oxygens (including phenoxy) is 1. The summed E-state index contributed by atoms with van der Waals surface area (Å²) in [6, 6.07) is 0. The summed E-state index contributed by atoms with van der Waals surface area (Å²) in [5, 5.41) is 0. The van der Waals surface area contributed by atoms with Crippen LogP contribution in [0.1, 0.15) is 19.7 Å². The SMILES string of the molecule is CC(C)OCCn1ccnc1CCN. The number of imidazole rings is 1. The molecule has 0 aromatic carbocycles. The molecule has 0 saturated heterocycles. The highest BCUT2D eigenvalue weighted by atomic mass is 16.5. The Morgan fingerprint density at radius 3 is 3.00 bits per heavy atom.